The van der Waals surface area contributed by atoms with E-state index in [1.165, 1.54) is 0 Å². The molecule has 0 radical (unpaired) electrons. The van der Waals surface area contributed by atoms with Gasteiger partial charge in [-0.1, -0.05) is 19.1 Å². The van der Waals surface area contributed by atoms with Crippen LogP contribution in [-0.2, 0) is 19.8 Å². The topological polar surface area (TPSA) is 93.6 Å². The van der Waals surface area contributed by atoms with Crippen LogP contribution in [0.25, 0.3) is 11.1 Å². The van der Waals surface area contributed by atoms with E-state index in [0.29, 0.717) is 49.0 Å². The Labute approximate surface area is 150 Å². The highest BCUT2D eigenvalue weighted by Gasteiger charge is 2.23. The summed E-state index contributed by atoms with van der Waals surface area (Å²) in [4.78, 5) is 15.0. The standard InChI is InChI=1S/C16H17Br2NO4/c1-2-12(23)15-14(17)13(16(18)19-15)9-4-3-8(5-20)10(6-21)11(9)7-22/h3-4,19-22H,2,5-7H2,1H3. The predicted octanol–water partition coefficient (Wildman–Crippen LogP) is 3.28. The Bertz CT molecular complexity index is 740. The lowest BCUT2D eigenvalue weighted by molar-refractivity contribution is 0.0983. The molecule has 0 amide bonds. The van der Waals surface area contributed by atoms with Crippen molar-refractivity contribution in [1.82, 2.24) is 4.98 Å². The van der Waals surface area contributed by atoms with Gasteiger partial charge < -0.3 is 20.3 Å². The van der Waals surface area contributed by atoms with Crippen molar-refractivity contribution in [2.45, 2.75) is 33.2 Å². The van der Waals surface area contributed by atoms with Crippen LogP contribution >= 0.6 is 31.9 Å². The van der Waals surface area contributed by atoms with Gasteiger partial charge in [-0.05, 0) is 54.1 Å². The molecule has 1 aromatic carbocycles. The van der Waals surface area contributed by atoms with Gasteiger partial charge in [0.05, 0.1) is 34.6 Å². The van der Waals surface area contributed by atoms with Crippen molar-refractivity contribution in [3.8, 4) is 11.1 Å². The highest BCUT2D eigenvalue weighted by atomic mass is 79.9. The Balaban J connectivity index is 2.73. The van der Waals surface area contributed by atoms with Crippen LogP contribution in [-0.4, -0.2) is 26.1 Å². The number of aliphatic hydroxyl groups excluding tert-OH is 3. The van der Waals surface area contributed by atoms with E-state index >= 15 is 0 Å². The monoisotopic (exact) mass is 445 g/mol. The molecule has 0 saturated carbocycles. The fourth-order valence-corrected chi connectivity index (χ4v) is 4.16. The van der Waals surface area contributed by atoms with Crippen LogP contribution in [0.1, 0.15) is 40.5 Å². The minimum absolute atomic E-state index is 0.0382. The van der Waals surface area contributed by atoms with E-state index in [0.717, 1.165) is 0 Å². The first-order valence-corrected chi connectivity index (χ1v) is 8.65. The van der Waals surface area contributed by atoms with E-state index in [-0.39, 0.29) is 25.6 Å². The van der Waals surface area contributed by atoms with E-state index in [2.05, 4.69) is 36.8 Å². The van der Waals surface area contributed by atoms with Crippen LogP contribution in [0.4, 0.5) is 0 Å². The Morgan fingerprint density at radius 1 is 1.09 bits per heavy atom. The third kappa shape index (κ3) is 3.29. The van der Waals surface area contributed by atoms with Crippen LogP contribution in [0, 0.1) is 0 Å². The van der Waals surface area contributed by atoms with Crippen LogP contribution in [0.5, 0.6) is 0 Å². The summed E-state index contributed by atoms with van der Waals surface area (Å²) < 4.78 is 1.21. The summed E-state index contributed by atoms with van der Waals surface area (Å²) in [6.07, 6.45) is 0.364. The predicted molar refractivity (Wildman–Crippen MR) is 94.0 cm³/mol. The first-order valence-electron chi connectivity index (χ1n) is 7.06. The van der Waals surface area contributed by atoms with Crippen molar-refractivity contribution >= 4 is 37.6 Å². The molecule has 23 heavy (non-hydrogen) atoms. The van der Waals surface area contributed by atoms with Gasteiger partial charge >= 0.3 is 0 Å². The van der Waals surface area contributed by atoms with Crippen molar-refractivity contribution in [2.75, 3.05) is 0 Å². The number of hydrogen-bond donors (Lipinski definition) is 4. The minimum Gasteiger partial charge on any atom is -0.392 e. The number of aromatic amines is 1. The van der Waals surface area contributed by atoms with Gasteiger partial charge in [-0.15, -0.1) is 0 Å². The second-order valence-corrected chi connectivity index (χ2v) is 6.57. The summed E-state index contributed by atoms with van der Waals surface area (Å²) in [5, 5.41) is 28.7. The molecule has 0 aliphatic rings. The molecule has 0 aliphatic carbocycles. The van der Waals surface area contributed by atoms with Gasteiger partial charge in [0.15, 0.2) is 5.78 Å². The molecule has 124 valence electrons. The van der Waals surface area contributed by atoms with Gasteiger partial charge in [-0.3, -0.25) is 4.79 Å². The molecule has 1 heterocycles. The Morgan fingerprint density at radius 3 is 2.26 bits per heavy atom. The van der Waals surface area contributed by atoms with Crippen molar-refractivity contribution < 1.29 is 20.1 Å². The van der Waals surface area contributed by atoms with Crippen molar-refractivity contribution in [2.24, 2.45) is 0 Å². The number of benzene rings is 1. The molecular weight excluding hydrogens is 430 g/mol. The molecule has 2 rings (SSSR count). The van der Waals surface area contributed by atoms with Crippen molar-refractivity contribution in [3.63, 3.8) is 0 Å². The number of nitrogens with one attached hydrogen (secondary N) is 1. The fourth-order valence-electron chi connectivity index (χ4n) is 2.56. The summed E-state index contributed by atoms with van der Waals surface area (Å²) in [5.74, 6) is -0.0382. The summed E-state index contributed by atoms with van der Waals surface area (Å²) in [6.45, 7) is 0.973. The maximum atomic E-state index is 12.0. The maximum Gasteiger partial charge on any atom is 0.179 e. The Kier molecular flexibility index (Phi) is 6.16. The van der Waals surface area contributed by atoms with Crippen molar-refractivity contribution in [3.05, 3.63) is 43.6 Å². The quantitative estimate of drug-likeness (QED) is 0.512. The van der Waals surface area contributed by atoms with E-state index in [1.54, 1.807) is 19.1 Å². The zero-order valence-electron chi connectivity index (χ0n) is 12.5. The van der Waals surface area contributed by atoms with E-state index in [9.17, 15) is 20.1 Å². The van der Waals surface area contributed by atoms with Crippen LogP contribution in [0.3, 0.4) is 0 Å². The number of aliphatic hydroxyl groups is 3. The number of halogens is 2. The number of aromatic nitrogens is 1. The number of rotatable bonds is 6. The average molecular weight is 447 g/mol. The number of Topliss-reactive ketones (excluding diaryl/α,β-unsaturated/α-hetero) is 1. The molecular formula is C16H17Br2NO4. The molecule has 7 heteroatoms. The first kappa shape index (κ1) is 18.4. The van der Waals surface area contributed by atoms with Gasteiger partial charge in [0.1, 0.15) is 0 Å². The van der Waals surface area contributed by atoms with Gasteiger partial charge in [-0.25, -0.2) is 0 Å². The zero-order chi connectivity index (χ0) is 17.1. The molecule has 0 spiro atoms. The van der Waals surface area contributed by atoms with E-state index in [1.807, 2.05) is 0 Å². The molecule has 1 aromatic heterocycles. The van der Waals surface area contributed by atoms with Crippen LogP contribution < -0.4 is 0 Å². The number of ketones is 1. The molecule has 0 bridgehead atoms. The molecule has 0 atom stereocenters. The second-order valence-electron chi connectivity index (χ2n) is 4.98. The molecule has 5 nitrogen and oxygen atoms in total. The molecule has 2 aromatic rings. The van der Waals surface area contributed by atoms with Crippen LogP contribution in [0.15, 0.2) is 21.2 Å². The van der Waals surface area contributed by atoms with E-state index in [4.69, 9.17) is 0 Å². The van der Waals surface area contributed by atoms with Gasteiger partial charge in [0, 0.05) is 12.0 Å². The van der Waals surface area contributed by atoms with Gasteiger partial charge in [-0.2, -0.15) is 0 Å². The normalized spacial score (nSPS) is 11.0. The van der Waals surface area contributed by atoms with Crippen molar-refractivity contribution in [1.29, 1.82) is 0 Å². The zero-order valence-corrected chi connectivity index (χ0v) is 15.7. The average Bonchev–Trinajstić information content (AvgIpc) is 2.86. The molecule has 0 unspecified atom stereocenters. The SMILES string of the molecule is CCC(=O)c1[nH]c(Br)c(-c2ccc(CO)c(CO)c2CO)c1Br. The summed E-state index contributed by atoms with van der Waals surface area (Å²) >= 11 is 6.87. The fraction of sp³-hybridized carbons (Fsp3) is 0.312. The lowest BCUT2D eigenvalue weighted by atomic mass is 9.93. The van der Waals surface area contributed by atoms with Gasteiger partial charge in [0.25, 0.3) is 0 Å². The highest BCUT2D eigenvalue weighted by molar-refractivity contribution is 9.11. The molecule has 4 N–H and O–H groups in total. The largest absolute Gasteiger partial charge is 0.392 e. The number of carbonyl (C=O) groups excluding carboxylic acids is 1. The smallest absolute Gasteiger partial charge is 0.179 e. The number of H-pyrrole nitrogens is 1. The van der Waals surface area contributed by atoms with E-state index < -0.39 is 0 Å². The first-order chi connectivity index (χ1) is 11.0. The Hall–Kier alpha value is -0.990. The molecule has 0 saturated heterocycles. The minimum atomic E-state index is -0.292. The number of carbonyl (C=O) groups is 1. The summed E-state index contributed by atoms with van der Waals surface area (Å²) in [6, 6.07) is 3.46. The lowest BCUT2D eigenvalue weighted by Crippen LogP contribution is -2.03. The molecule has 0 aliphatic heterocycles. The summed E-state index contributed by atoms with van der Waals surface area (Å²) in [7, 11) is 0. The second kappa shape index (κ2) is 7.72. The lowest BCUT2D eigenvalue weighted by Gasteiger charge is -2.15. The van der Waals surface area contributed by atoms with Gasteiger partial charge in [0.2, 0.25) is 0 Å². The molecule has 0 fully saturated rings. The maximum absolute atomic E-state index is 12.0. The third-order valence-corrected chi connectivity index (χ3v) is 5.17. The Morgan fingerprint density at radius 2 is 1.74 bits per heavy atom. The summed E-state index contributed by atoms with van der Waals surface area (Å²) in [5.41, 5.74) is 3.41. The third-order valence-electron chi connectivity index (χ3n) is 3.78. The number of hydrogen-bond acceptors (Lipinski definition) is 4. The van der Waals surface area contributed by atoms with Crippen LogP contribution in [0.2, 0.25) is 0 Å². The highest BCUT2D eigenvalue weighted by Crippen LogP contribution is 2.41.